The highest BCUT2D eigenvalue weighted by Gasteiger charge is 2.36. The molecule has 130 valence electrons. The van der Waals surface area contributed by atoms with Crippen molar-refractivity contribution >= 4 is 10.9 Å². The van der Waals surface area contributed by atoms with E-state index in [1.165, 1.54) is 16.6 Å². The van der Waals surface area contributed by atoms with E-state index in [0.717, 1.165) is 32.7 Å². The lowest BCUT2D eigenvalue weighted by Crippen LogP contribution is -2.60. The standard InChI is InChI=1S/C18H25N3O3/c22-17-12-24-11-16(18(17)23)21-7-5-20(6-8-21)10-14-9-13-3-1-2-4-15(13)19-14/h1-4,9,16-19,22-23H,5-8,10-12H2/t16-,17-,18+/m1/s1. The van der Waals surface area contributed by atoms with Crippen LogP contribution in [0.4, 0.5) is 0 Å². The maximum atomic E-state index is 10.2. The van der Waals surface area contributed by atoms with Crippen LogP contribution in [0.2, 0.25) is 0 Å². The Kier molecular flexibility index (Phi) is 4.56. The third kappa shape index (κ3) is 3.20. The molecule has 2 saturated heterocycles. The topological polar surface area (TPSA) is 72.0 Å². The van der Waals surface area contributed by atoms with Crippen LogP contribution >= 0.6 is 0 Å². The van der Waals surface area contributed by atoms with Gasteiger partial charge in [-0.2, -0.15) is 0 Å². The summed E-state index contributed by atoms with van der Waals surface area (Å²) in [5.41, 5.74) is 2.42. The van der Waals surface area contributed by atoms with E-state index in [0.29, 0.717) is 6.61 Å². The Morgan fingerprint density at radius 1 is 1.08 bits per heavy atom. The lowest BCUT2D eigenvalue weighted by atomic mass is 10.0. The number of ether oxygens (including phenoxy) is 1. The van der Waals surface area contributed by atoms with Crippen molar-refractivity contribution < 1.29 is 14.9 Å². The third-order valence-electron chi connectivity index (χ3n) is 5.22. The predicted octanol–water partition coefficient (Wildman–Crippen LogP) is 0.406. The summed E-state index contributed by atoms with van der Waals surface area (Å²) in [5.74, 6) is 0. The minimum absolute atomic E-state index is 0.0935. The quantitative estimate of drug-likeness (QED) is 0.760. The van der Waals surface area contributed by atoms with E-state index in [1.54, 1.807) is 0 Å². The number of piperazine rings is 1. The summed E-state index contributed by atoms with van der Waals surface area (Å²) in [7, 11) is 0. The molecule has 2 aliphatic heterocycles. The third-order valence-corrected chi connectivity index (χ3v) is 5.22. The predicted molar refractivity (Wildman–Crippen MR) is 91.8 cm³/mol. The number of H-pyrrole nitrogens is 1. The zero-order valence-electron chi connectivity index (χ0n) is 13.8. The van der Waals surface area contributed by atoms with E-state index >= 15 is 0 Å². The number of fused-ring (bicyclic) bond motifs is 1. The van der Waals surface area contributed by atoms with Crippen molar-refractivity contribution in [3.63, 3.8) is 0 Å². The van der Waals surface area contributed by atoms with Crippen LogP contribution in [0.5, 0.6) is 0 Å². The molecule has 3 N–H and O–H groups in total. The minimum Gasteiger partial charge on any atom is -0.389 e. The van der Waals surface area contributed by atoms with Crippen molar-refractivity contribution in [2.24, 2.45) is 0 Å². The summed E-state index contributed by atoms with van der Waals surface area (Å²) < 4.78 is 5.40. The summed E-state index contributed by atoms with van der Waals surface area (Å²) in [4.78, 5) is 8.15. The Balaban J connectivity index is 1.34. The van der Waals surface area contributed by atoms with Crippen LogP contribution < -0.4 is 0 Å². The highest BCUT2D eigenvalue weighted by atomic mass is 16.5. The van der Waals surface area contributed by atoms with Crippen LogP contribution in [0, 0.1) is 0 Å². The van der Waals surface area contributed by atoms with Crippen LogP contribution in [0.15, 0.2) is 30.3 Å². The largest absolute Gasteiger partial charge is 0.389 e. The van der Waals surface area contributed by atoms with E-state index in [2.05, 4.69) is 39.0 Å². The smallest absolute Gasteiger partial charge is 0.105 e. The van der Waals surface area contributed by atoms with Gasteiger partial charge in [0.25, 0.3) is 0 Å². The van der Waals surface area contributed by atoms with E-state index in [9.17, 15) is 10.2 Å². The van der Waals surface area contributed by atoms with Gasteiger partial charge in [-0.25, -0.2) is 0 Å². The molecule has 1 aromatic heterocycles. The molecule has 4 rings (SSSR count). The second-order valence-electron chi connectivity index (χ2n) is 6.86. The van der Waals surface area contributed by atoms with Gasteiger partial charge >= 0.3 is 0 Å². The molecule has 3 heterocycles. The highest BCUT2D eigenvalue weighted by Crippen LogP contribution is 2.19. The number of hydrogen-bond acceptors (Lipinski definition) is 5. The molecule has 0 aliphatic carbocycles. The highest BCUT2D eigenvalue weighted by molar-refractivity contribution is 5.80. The van der Waals surface area contributed by atoms with Crippen LogP contribution in [0.25, 0.3) is 10.9 Å². The van der Waals surface area contributed by atoms with Gasteiger partial charge in [-0.15, -0.1) is 0 Å². The molecule has 6 nitrogen and oxygen atoms in total. The first-order chi connectivity index (χ1) is 11.7. The summed E-state index contributed by atoms with van der Waals surface area (Å²) in [6.45, 7) is 5.33. The minimum atomic E-state index is -0.770. The van der Waals surface area contributed by atoms with Gasteiger partial charge in [0.1, 0.15) is 6.10 Å². The van der Waals surface area contributed by atoms with Gasteiger partial charge in [-0.1, -0.05) is 18.2 Å². The molecule has 2 aromatic rings. The molecule has 0 spiro atoms. The second-order valence-corrected chi connectivity index (χ2v) is 6.86. The molecule has 2 fully saturated rings. The van der Waals surface area contributed by atoms with Gasteiger partial charge in [-0.3, -0.25) is 9.80 Å². The number of aromatic amines is 1. The lowest BCUT2D eigenvalue weighted by Gasteiger charge is -2.43. The molecule has 0 unspecified atom stereocenters. The van der Waals surface area contributed by atoms with Crippen molar-refractivity contribution in [1.82, 2.24) is 14.8 Å². The summed E-state index contributed by atoms with van der Waals surface area (Å²) in [6.07, 6.45) is -1.48. The van der Waals surface area contributed by atoms with E-state index in [4.69, 9.17) is 4.74 Å². The fraction of sp³-hybridized carbons (Fsp3) is 0.556. The number of benzene rings is 1. The number of nitrogens with one attached hydrogen (secondary N) is 1. The Morgan fingerprint density at radius 3 is 2.67 bits per heavy atom. The maximum absolute atomic E-state index is 10.2. The van der Waals surface area contributed by atoms with Crippen LogP contribution in [-0.2, 0) is 11.3 Å². The van der Waals surface area contributed by atoms with Gasteiger partial charge in [0, 0.05) is 43.9 Å². The molecule has 0 amide bonds. The first-order valence-electron chi connectivity index (χ1n) is 8.67. The number of rotatable bonds is 3. The monoisotopic (exact) mass is 331 g/mol. The van der Waals surface area contributed by atoms with E-state index in [1.807, 2.05) is 6.07 Å². The fourth-order valence-corrected chi connectivity index (χ4v) is 3.80. The van der Waals surface area contributed by atoms with Gasteiger partial charge in [0.05, 0.1) is 25.4 Å². The molecule has 6 heteroatoms. The lowest BCUT2D eigenvalue weighted by molar-refractivity contribution is -0.137. The zero-order chi connectivity index (χ0) is 16.5. The molecule has 24 heavy (non-hydrogen) atoms. The number of aromatic nitrogens is 1. The van der Waals surface area contributed by atoms with Gasteiger partial charge in [0.15, 0.2) is 0 Å². The number of hydrogen-bond donors (Lipinski definition) is 3. The normalized spacial score (nSPS) is 30.0. The first-order valence-corrected chi connectivity index (χ1v) is 8.67. The average molecular weight is 331 g/mol. The molecular weight excluding hydrogens is 306 g/mol. The average Bonchev–Trinajstić information content (AvgIpc) is 3.00. The molecule has 0 saturated carbocycles. The van der Waals surface area contributed by atoms with Gasteiger partial charge in [0.2, 0.25) is 0 Å². The molecule has 0 bridgehead atoms. The molecule has 3 atom stereocenters. The Bertz CT molecular complexity index is 648. The van der Waals surface area contributed by atoms with Gasteiger partial charge < -0.3 is 19.9 Å². The number of aliphatic hydroxyl groups excluding tert-OH is 2. The maximum Gasteiger partial charge on any atom is 0.105 e. The summed E-state index contributed by atoms with van der Waals surface area (Å²) in [5, 5.41) is 21.2. The fourth-order valence-electron chi connectivity index (χ4n) is 3.80. The Hall–Kier alpha value is -1.44. The number of para-hydroxylation sites is 1. The Labute approximate surface area is 141 Å². The Morgan fingerprint density at radius 2 is 1.88 bits per heavy atom. The molecule has 2 aliphatic rings. The zero-order valence-corrected chi connectivity index (χ0v) is 13.8. The van der Waals surface area contributed by atoms with E-state index in [-0.39, 0.29) is 12.6 Å². The van der Waals surface area contributed by atoms with Crippen molar-refractivity contribution in [1.29, 1.82) is 0 Å². The second kappa shape index (κ2) is 6.82. The van der Waals surface area contributed by atoms with Crippen molar-refractivity contribution in [3.8, 4) is 0 Å². The van der Waals surface area contributed by atoms with Gasteiger partial charge in [-0.05, 0) is 17.5 Å². The van der Waals surface area contributed by atoms with Crippen LogP contribution in [-0.4, -0.2) is 82.6 Å². The van der Waals surface area contributed by atoms with Crippen molar-refractivity contribution in [2.75, 3.05) is 39.4 Å². The molecule has 0 radical (unpaired) electrons. The number of aliphatic hydroxyl groups is 2. The van der Waals surface area contributed by atoms with Crippen molar-refractivity contribution in [2.45, 2.75) is 24.8 Å². The SMILES string of the molecule is O[C@@H]1[C@H](O)COC[C@H]1N1CCN(Cc2cc3ccccc3[nH]2)CC1. The van der Waals surface area contributed by atoms with Crippen molar-refractivity contribution in [3.05, 3.63) is 36.0 Å². The van der Waals surface area contributed by atoms with E-state index < -0.39 is 12.2 Å². The van der Waals surface area contributed by atoms with Crippen LogP contribution in [0.3, 0.4) is 0 Å². The molecule has 1 aromatic carbocycles. The first kappa shape index (κ1) is 16.1. The summed E-state index contributed by atoms with van der Waals surface area (Å²) in [6, 6.07) is 10.5. The number of nitrogens with zero attached hydrogens (tertiary/aromatic N) is 2. The molecular formula is C18H25N3O3. The summed E-state index contributed by atoms with van der Waals surface area (Å²) >= 11 is 0. The van der Waals surface area contributed by atoms with Crippen LogP contribution in [0.1, 0.15) is 5.69 Å².